The van der Waals surface area contributed by atoms with Crippen LogP contribution in [0.15, 0.2) is 30.5 Å². The number of aryl methyl sites for hydroxylation is 2. The lowest BCUT2D eigenvalue weighted by Gasteiger charge is -2.21. The van der Waals surface area contributed by atoms with Gasteiger partial charge in [0.05, 0.1) is 0 Å². The fourth-order valence-corrected chi connectivity index (χ4v) is 3.97. The van der Waals surface area contributed by atoms with Crippen LogP contribution in [0.5, 0.6) is 0 Å². The molecule has 22 heavy (non-hydrogen) atoms. The van der Waals surface area contributed by atoms with Gasteiger partial charge in [-0.05, 0) is 61.4 Å². The van der Waals surface area contributed by atoms with E-state index in [9.17, 15) is 4.39 Å². The molecular weight excluding hydrogens is 275 g/mol. The summed E-state index contributed by atoms with van der Waals surface area (Å²) < 4.78 is 14.2. The molecule has 2 nitrogen and oxygen atoms in total. The summed E-state index contributed by atoms with van der Waals surface area (Å²) in [5.41, 5.74) is 5.14. The molecule has 4 rings (SSSR count). The van der Waals surface area contributed by atoms with Gasteiger partial charge in [0.25, 0.3) is 0 Å². The highest BCUT2D eigenvalue weighted by atomic mass is 19.1. The van der Waals surface area contributed by atoms with Crippen molar-refractivity contribution in [1.29, 1.82) is 0 Å². The van der Waals surface area contributed by atoms with Gasteiger partial charge < -0.3 is 5.32 Å². The Bertz CT molecular complexity index is 725. The summed E-state index contributed by atoms with van der Waals surface area (Å²) in [7, 11) is 0. The maximum Gasteiger partial charge on any atom is 0.220 e. The number of halogens is 1. The van der Waals surface area contributed by atoms with Crippen LogP contribution in [0.2, 0.25) is 0 Å². The van der Waals surface area contributed by atoms with E-state index >= 15 is 0 Å². The molecule has 2 aromatic rings. The fourth-order valence-electron chi connectivity index (χ4n) is 3.97. The van der Waals surface area contributed by atoms with E-state index in [1.165, 1.54) is 29.5 Å². The van der Waals surface area contributed by atoms with Crippen molar-refractivity contribution in [1.82, 2.24) is 10.3 Å². The van der Waals surface area contributed by atoms with Crippen LogP contribution in [0.4, 0.5) is 4.39 Å². The summed E-state index contributed by atoms with van der Waals surface area (Å²) in [6.45, 7) is 4.14. The summed E-state index contributed by atoms with van der Waals surface area (Å²) in [5, 5.41) is 3.65. The maximum atomic E-state index is 14.2. The predicted molar refractivity (Wildman–Crippen MR) is 86.4 cm³/mol. The topological polar surface area (TPSA) is 24.9 Å². The first kappa shape index (κ1) is 13.9. The summed E-state index contributed by atoms with van der Waals surface area (Å²) in [4.78, 5) is 4.04. The standard InChI is InChI=1S/C19H21FN2/c1-11-3-4-13(7-12(11)2)17-8-14(10-21-19(17)20)16-9-15-5-6-18(16)22-15/h3-4,7-8,10,15-16,18,22H,5-6,9H2,1-2H3. The van der Waals surface area contributed by atoms with E-state index in [-0.39, 0.29) is 5.95 Å². The van der Waals surface area contributed by atoms with E-state index < -0.39 is 0 Å². The van der Waals surface area contributed by atoms with Gasteiger partial charge in [0.2, 0.25) is 5.95 Å². The van der Waals surface area contributed by atoms with Gasteiger partial charge in [-0.25, -0.2) is 4.98 Å². The number of hydrogen-bond donors (Lipinski definition) is 1. The van der Waals surface area contributed by atoms with Crippen LogP contribution in [-0.4, -0.2) is 17.1 Å². The van der Waals surface area contributed by atoms with Gasteiger partial charge in [0, 0.05) is 29.8 Å². The molecule has 0 amide bonds. The number of fused-ring (bicyclic) bond motifs is 2. The van der Waals surface area contributed by atoms with Crippen molar-refractivity contribution in [3.8, 4) is 11.1 Å². The average molecular weight is 296 g/mol. The first-order chi connectivity index (χ1) is 10.6. The lowest BCUT2D eigenvalue weighted by Crippen LogP contribution is -2.21. The lowest BCUT2D eigenvalue weighted by molar-refractivity contribution is 0.502. The fraction of sp³-hybridized carbons (Fsp3) is 0.421. The second-order valence-corrected chi connectivity index (χ2v) is 6.80. The molecule has 3 heterocycles. The Kier molecular flexibility index (Phi) is 3.26. The first-order valence-corrected chi connectivity index (χ1v) is 8.11. The number of benzene rings is 1. The molecule has 114 valence electrons. The molecule has 1 aromatic heterocycles. The lowest BCUT2D eigenvalue weighted by atomic mass is 9.84. The highest BCUT2D eigenvalue weighted by Crippen LogP contribution is 2.40. The molecule has 1 N–H and O–H groups in total. The van der Waals surface area contributed by atoms with Gasteiger partial charge in [-0.2, -0.15) is 4.39 Å². The number of rotatable bonds is 2. The minimum absolute atomic E-state index is 0.372. The van der Waals surface area contributed by atoms with Gasteiger partial charge in [-0.3, -0.25) is 0 Å². The van der Waals surface area contributed by atoms with E-state index in [4.69, 9.17) is 0 Å². The van der Waals surface area contributed by atoms with E-state index in [0.717, 1.165) is 12.0 Å². The summed E-state index contributed by atoms with van der Waals surface area (Å²) in [6.07, 6.45) is 5.39. The molecular formula is C19H21FN2. The minimum Gasteiger partial charge on any atom is -0.311 e. The summed E-state index contributed by atoms with van der Waals surface area (Å²) >= 11 is 0. The highest BCUT2D eigenvalue weighted by Gasteiger charge is 2.39. The monoisotopic (exact) mass is 296 g/mol. The molecule has 1 aromatic carbocycles. The highest BCUT2D eigenvalue weighted by molar-refractivity contribution is 5.65. The van der Waals surface area contributed by atoms with Crippen molar-refractivity contribution in [2.24, 2.45) is 0 Å². The summed E-state index contributed by atoms with van der Waals surface area (Å²) in [6, 6.07) is 9.30. The quantitative estimate of drug-likeness (QED) is 0.844. The zero-order chi connectivity index (χ0) is 15.3. The number of pyridine rings is 1. The Morgan fingerprint density at radius 3 is 2.68 bits per heavy atom. The molecule has 2 aliphatic rings. The Morgan fingerprint density at radius 1 is 1.14 bits per heavy atom. The number of hydrogen-bond acceptors (Lipinski definition) is 2. The normalized spacial score (nSPS) is 26.6. The van der Waals surface area contributed by atoms with Crippen molar-refractivity contribution in [3.63, 3.8) is 0 Å². The van der Waals surface area contributed by atoms with E-state index in [1.54, 1.807) is 6.20 Å². The molecule has 0 radical (unpaired) electrons. The molecule has 3 heteroatoms. The van der Waals surface area contributed by atoms with E-state index in [0.29, 0.717) is 23.6 Å². The smallest absolute Gasteiger partial charge is 0.220 e. The Balaban J connectivity index is 1.73. The second kappa shape index (κ2) is 5.17. The van der Waals surface area contributed by atoms with Crippen molar-refractivity contribution in [2.45, 2.75) is 51.1 Å². The van der Waals surface area contributed by atoms with Gasteiger partial charge in [0.15, 0.2) is 0 Å². The molecule has 2 bridgehead atoms. The van der Waals surface area contributed by atoms with Crippen LogP contribution in [-0.2, 0) is 0 Å². The van der Waals surface area contributed by atoms with Gasteiger partial charge >= 0.3 is 0 Å². The molecule has 0 saturated carbocycles. The van der Waals surface area contributed by atoms with E-state index in [2.05, 4.69) is 36.3 Å². The molecule has 2 saturated heterocycles. The molecule has 0 aliphatic carbocycles. The number of aromatic nitrogens is 1. The van der Waals surface area contributed by atoms with Crippen LogP contribution in [0.25, 0.3) is 11.1 Å². The Morgan fingerprint density at radius 2 is 2.00 bits per heavy atom. The van der Waals surface area contributed by atoms with Crippen molar-refractivity contribution < 1.29 is 4.39 Å². The van der Waals surface area contributed by atoms with Crippen LogP contribution in [0, 0.1) is 19.8 Å². The van der Waals surface area contributed by atoms with Crippen LogP contribution >= 0.6 is 0 Å². The number of nitrogens with zero attached hydrogens (tertiary/aromatic N) is 1. The van der Waals surface area contributed by atoms with Crippen molar-refractivity contribution in [3.05, 3.63) is 53.1 Å². The van der Waals surface area contributed by atoms with Gasteiger partial charge in [-0.1, -0.05) is 18.2 Å². The Labute approximate surface area is 130 Å². The third-order valence-corrected chi connectivity index (χ3v) is 5.41. The SMILES string of the molecule is Cc1ccc(-c2cc(C3CC4CCC3N4)cnc2F)cc1C. The zero-order valence-corrected chi connectivity index (χ0v) is 13.1. The van der Waals surface area contributed by atoms with Crippen LogP contribution in [0.1, 0.15) is 41.9 Å². The minimum atomic E-state index is -0.372. The Hall–Kier alpha value is -1.74. The third-order valence-electron chi connectivity index (χ3n) is 5.41. The van der Waals surface area contributed by atoms with Gasteiger partial charge in [0.1, 0.15) is 0 Å². The van der Waals surface area contributed by atoms with Gasteiger partial charge in [-0.15, -0.1) is 0 Å². The molecule has 3 atom stereocenters. The molecule has 3 unspecified atom stereocenters. The maximum absolute atomic E-state index is 14.2. The first-order valence-electron chi connectivity index (χ1n) is 8.11. The number of nitrogens with one attached hydrogen (secondary N) is 1. The molecule has 2 fully saturated rings. The molecule has 2 aliphatic heterocycles. The van der Waals surface area contributed by atoms with Crippen LogP contribution < -0.4 is 5.32 Å². The zero-order valence-electron chi connectivity index (χ0n) is 13.1. The third kappa shape index (κ3) is 2.24. The van der Waals surface area contributed by atoms with E-state index in [1.807, 2.05) is 12.1 Å². The average Bonchev–Trinajstić information content (AvgIpc) is 3.13. The summed E-state index contributed by atoms with van der Waals surface area (Å²) in [5.74, 6) is 0.111. The van der Waals surface area contributed by atoms with Crippen molar-refractivity contribution >= 4 is 0 Å². The second-order valence-electron chi connectivity index (χ2n) is 6.80. The molecule has 0 spiro atoms. The predicted octanol–water partition coefficient (Wildman–Crippen LogP) is 4.11. The largest absolute Gasteiger partial charge is 0.311 e. The van der Waals surface area contributed by atoms with Crippen LogP contribution in [0.3, 0.4) is 0 Å². The van der Waals surface area contributed by atoms with Crippen molar-refractivity contribution in [2.75, 3.05) is 0 Å².